The summed E-state index contributed by atoms with van der Waals surface area (Å²) in [5.74, 6) is 5.16. The maximum atomic E-state index is 13.1. The summed E-state index contributed by atoms with van der Waals surface area (Å²) in [6, 6.07) is 2.62. The van der Waals surface area contributed by atoms with Gasteiger partial charge >= 0.3 is 0 Å². The van der Waals surface area contributed by atoms with Gasteiger partial charge in [-0.1, -0.05) is 35.2 Å². The molecule has 0 atom stereocenters. The van der Waals surface area contributed by atoms with E-state index >= 15 is 0 Å². The lowest BCUT2D eigenvalue weighted by Gasteiger charge is -2.00. The van der Waals surface area contributed by atoms with Crippen molar-refractivity contribution in [2.45, 2.75) is 6.92 Å². The number of halogens is 2. The first-order chi connectivity index (χ1) is 7.50. The molecular weight excluding hydrogens is 249 g/mol. The van der Waals surface area contributed by atoms with Crippen LogP contribution in [-0.4, -0.2) is 10.9 Å². The Kier molecular flexibility index (Phi) is 4.66. The summed E-state index contributed by atoms with van der Waals surface area (Å²) in [6.45, 7) is 1.46. The Morgan fingerprint density at radius 3 is 2.94 bits per heavy atom. The summed E-state index contributed by atoms with van der Waals surface area (Å²) in [4.78, 5) is 10.6. The van der Waals surface area contributed by atoms with Crippen LogP contribution in [0, 0.1) is 17.7 Å². The lowest BCUT2D eigenvalue weighted by molar-refractivity contribution is -0.109. The third-order valence-electron chi connectivity index (χ3n) is 1.66. The van der Waals surface area contributed by atoms with Gasteiger partial charge in [-0.05, 0) is 12.1 Å². The van der Waals surface area contributed by atoms with Crippen molar-refractivity contribution in [2.75, 3.05) is 11.5 Å². The van der Waals surface area contributed by atoms with Crippen LogP contribution in [0.2, 0.25) is 5.02 Å². The Hall–Kier alpha value is -1.18. The molecule has 0 aromatic heterocycles. The fourth-order valence-corrected chi connectivity index (χ4v) is 1.51. The number of benzene rings is 1. The van der Waals surface area contributed by atoms with Gasteiger partial charge in [0.05, 0.1) is 17.0 Å². The first-order valence-corrected chi connectivity index (χ1v) is 5.74. The number of hydrogen-bond acceptors (Lipinski definition) is 3. The monoisotopic (exact) mass is 257 g/mol. The smallest absolute Gasteiger partial charge is 0.186 e. The van der Waals surface area contributed by atoms with Crippen LogP contribution in [0.5, 0.6) is 0 Å². The number of nitrogens with two attached hydrogens (primary N) is 1. The zero-order valence-corrected chi connectivity index (χ0v) is 10.1. The van der Waals surface area contributed by atoms with E-state index in [4.69, 9.17) is 17.3 Å². The average Bonchev–Trinajstić information content (AvgIpc) is 2.19. The fraction of sp³-hybridized carbons (Fsp3) is 0.182. The van der Waals surface area contributed by atoms with Crippen molar-refractivity contribution in [3.05, 3.63) is 28.5 Å². The molecule has 0 aliphatic heterocycles. The maximum absolute atomic E-state index is 13.1. The maximum Gasteiger partial charge on any atom is 0.186 e. The molecule has 2 N–H and O–H groups in total. The van der Waals surface area contributed by atoms with E-state index in [1.807, 2.05) is 0 Å². The molecule has 0 spiro atoms. The second-order valence-corrected chi connectivity index (χ2v) is 4.52. The lowest BCUT2D eigenvalue weighted by Crippen LogP contribution is -1.95. The number of thioether (sulfide) groups is 1. The van der Waals surface area contributed by atoms with E-state index in [1.54, 1.807) is 0 Å². The highest BCUT2D eigenvalue weighted by atomic mass is 35.5. The molecule has 0 saturated carbocycles. The average molecular weight is 258 g/mol. The highest BCUT2D eigenvalue weighted by molar-refractivity contribution is 8.13. The highest BCUT2D eigenvalue weighted by Gasteiger charge is 2.04. The molecule has 0 saturated heterocycles. The number of hydrogen-bond donors (Lipinski definition) is 1. The van der Waals surface area contributed by atoms with Gasteiger partial charge in [0.2, 0.25) is 0 Å². The molecule has 2 nitrogen and oxygen atoms in total. The van der Waals surface area contributed by atoms with Crippen molar-refractivity contribution in [1.82, 2.24) is 0 Å². The van der Waals surface area contributed by atoms with Crippen molar-refractivity contribution < 1.29 is 9.18 Å². The van der Waals surface area contributed by atoms with E-state index in [0.29, 0.717) is 11.3 Å². The minimum absolute atomic E-state index is 0.0143. The van der Waals surface area contributed by atoms with Gasteiger partial charge in [-0.2, -0.15) is 0 Å². The van der Waals surface area contributed by atoms with E-state index in [0.717, 1.165) is 17.8 Å². The van der Waals surface area contributed by atoms with Crippen molar-refractivity contribution in [3.8, 4) is 11.8 Å². The SMILES string of the molecule is CC(=O)SCC#Cc1cc(Cl)cc(F)c1N. The largest absolute Gasteiger partial charge is 0.395 e. The molecular formula is C11H9ClFNOS. The normalized spacial score (nSPS) is 9.44. The first-order valence-electron chi connectivity index (χ1n) is 4.37. The van der Waals surface area contributed by atoms with E-state index in [2.05, 4.69) is 11.8 Å². The summed E-state index contributed by atoms with van der Waals surface area (Å²) in [6.07, 6.45) is 0. The zero-order valence-electron chi connectivity index (χ0n) is 8.51. The number of nitrogen functional groups attached to an aromatic ring is 1. The molecule has 0 radical (unpaired) electrons. The first kappa shape index (κ1) is 12.9. The molecule has 1 aromatic carbocycles. The topological polar surface area (TPSA) is 43.1 Å². The van der Waals surface area contributed by atoms with E-state index in [1.165, 1.54) is 13.0 Å². The molecule has 0 bridgehead atoms. The number of rotatable bonds is 1. The number of anilines is 1. The van der Waals surface area contributed by atoms with Crippen molar-refractivity contribution in [1.29, 1.82) is 0 Å². The van der Waals surface area contributed by atoms with Gasteiger partial charge in [0.25, 0.3) is 0 Å². The summed E-state index contributed by atoms with van der Waals surface area (Å²) in [7, 11) is 0. The fourth-order valence-electron chi connectivity index (χ4n) is 0.957. The van der Waals surface area contributed by atoms with Gasteiger partial charge in [-0.25, -0.2) is 4.39 Å². The molecule has 1 rings (SSSR count). The minimum Gasteiger partial charge on any atom is -0.395 e. The van der Waals surface area contributed by atoms with Crippen LogP contribution >= 0.6 is 23.4 Å². The third kappa shape index (κ3) is 3.76. The molecule has 0 aliphatic rings. The molecule has 0 amide bonds. The van der Waals surface area contributed by atoms with Gasteiger partial charge < -0.3 is 5.73 Å². The highest BCUT2D eigenvalue weighted by Crippen LogP contribution is 2.21. The summed E-state index contributed by atoms with van der Waals surface area (Å²) < 4.78 is 13.1. The Balaban J connectivity index is 2.84. The van der Waals surface area contributed by atoms with Crippen LogP contribution in [0.25, 0.3) is 0 Å². The molecule has 1 aromatic rings. The van der Waals surface area contributed by atoms with Gasteiger partial charge in [0.1, 0.15) is 5.82 Å². The summed E-state index contributed by atoms with van der Waals surface area (Å²) in [5.41, 5.74) is 5.80. The van der Waals surface area contributed by atoms with Gasteiger partial charge in [0.15, 0.2) is 5.12 Å². The van der Waals surface area contributed by atoms with Crippen LogP contribution in [-0.2, 0) is 4.79 Å². The molecule has 0 aliphatic carbocycles. The van der Waals surface area contributed by atoms with Gasteiger partial charge in [-0.15, -0.1) is 0 Å². The number of carbonyl (C=O) groups excluding carboxylic acids is 1. The Morgan fingerprint density at radius 1 is 1.62 bits per heavy atom. The van der Waals surface area contributed by atoms with Crippen LogP contribution in [0.1, 0.15) is 12.5 Å². The van der Waals surface area contributed by atoms with Crippen LogP contribution in [0.15, 0.2) is 12.1 Å². The van der Waals surface area contributed by atoms with Gasteiger partial charge in [0, 0.05) is 11.9 Å². The predicted octanol–water partition coefficient (Wildman–Crippen LogP) is 2.69. The van der Waals surface area contributed by atoms with E-state index < -0.39 is 5.82 Å². The molecule has 0 heterocycles. The molecule has 0 unspecified atom stereocenters. The van der Waals surface area contributed by atoms with Gasteiger partial charge in [-0.3, -0.25) is 4.79 Å². The Morgan fingerprint density at radius 2 is 2.31 bits per heavy atom. The molecule has 84 valence electrons. The zero-order chi connectivity index (χ0) is 12.1. The summed E-state index contributed by atoms with van der Waals surface area (Å²) in [5, 5.41) is 0.231. The predicted molar refractivity (Wildman–Crippen MR) is 65.8 cm³/mol. The van der Waals surface area contributed by atoms with Crippen LogP contribution in [0.3, 0.4) is 0 Å². The molecule has 5 heteroatoms. The minimum atomic E-state index is -0.587. The van der Waals surface area contributed by atoms with Crippen molar-refractivity contribution >= 4 is 34.2 Å². The third-order valence-corrected chi connectivity index (χ3v) is 2.58. The Labute approximate surface area is 102 Å². The van der Waals surface area contributed by atoms with Crippen LogP contribution < -0.4 is 5.73 Å². The second kappa shape index (κ2) is 5.78. The number of carbonyl (C=O) groups is 1. The lowest BCUT2D eigenvalue weighted by atomic mass is 10.2. The molecule has 16 heavy (non-hydrogen) atoms. The second-order valence-electron chi connectivity index (χ2n) is 2.93. The van der Waals surface area contributed by atoms with Crippen LogP contribution in [0.4, 0.5) is 10.1 Å². The van der Waals surface area contributed by atoms with Crippen molar-refractivity contribution in [2.24, 2.45) is 0 Å². The van der Waals surface area contributed by atoms with E-state index in [9.17, 15) is 9.18 Å². The standard InChI is InChI=1S/C11H9ClFNOS/c1-7(15)16-4-2-3-8-5-9(12)6-10(13)11(8)14/h5-6H,4,14H2,1H3. The molecule has 0 fully saturated rings. The van der Waals surface area contributed by atoms with E-state index in [-0.39, 0.29) is 15.8 Å². The quantitative estimate of drug-likeness (QED) is 0.621. The van der Waals surface area contributed by atoms with Crippen molar-refractivity contribution in [3.63, 3.8) is 0 Å². The summed E-state index contributed by atoms with van der Waals surface area (Å²) >= 11 is 6.75. The Bertz CT molecular complexity index is 479.